The van der Waals surface area contributed by atoms with Gasteiger partial charge >= 0.3 is 0 Å². The van der Waals surface area contributed by atoms with E-state index in [0.29, 0.717) is 6.04 Å². The largest absolute Gasteiger partial charge is 0.388 e. The van der Waals surface area contributed by atoms with Gasteiger partial charge in [-0.3, -0.25) is 0 Å². The molecule has 2 rings (SSSR count). The van der Waals surface area contributed by atoms with E-state index < -0.39 is 0 Å². The molecule has 0 radical (unpaired) electrons. The molecule has 0 aromatic heterocycles. The van der Waals surface area contributed by atoms with Gasteiger partial charge in [0.05, 0.1) is 6.10 Å². The van der Waals surface area contributed by atoms with Crippen molar-refractivity contribution in [3.05, 3.63) is 29.8 Å². The Kier molecular flexibility index (Phi) is 5.47. The summed E-state index contributed by atoms with van der Waals surface area (Å²) in [4.78, 5) is 2.40. The number of para-hydroxylation sites is 1. The summed E-state index contributed by atoms with van der Waals surface area (Å²) >= 11 is 0. The third-order valence-electron chi connectivity index (χ3n) is 5.00. The second-order valence-corrected chi connectivity index (χ2v) is 6.18. The summed E-state index contributed by atoms with van der Waals surface area (Å²) in [6, 6.07) is 8.95. The molecule has 0 spiro atoms. The van der Waals surface area contributed by atoms with Gasteiger partial charge in [0.25, 0.3) is 0 Å². The van der Waals surface area contributed by atoms with Gasteiger partial charge in [-0.15, -0.1) is 0 Å². The van der Waals surface area contributed by atoms with Crippen LogP contribution in [-0.4, -0.2) is 18.2 Å². The van der Waals surface area contributed by atoms with Gasteiger partial charge in [-0.05, 0) is 44.1 Å². The van der Waals surface area contributed by atoms with Crippen LogP contribution in [0, 0.1) is 5.92 Å². The zero-order chi connectivity index (χ0) is 14.5. The van der Waals surface area contributed by atoms with Gasteiger partial charge in [0.2, 0.25) is 0 Å². The number of hydrogen-bond acceptors (Lipinski definition) is 2. The van der Waals surface area contributed by atoms with Crippen molar-refractivity contribution in [2.45, 2.75) is 64.5 Å². The molecule has 0 unspecified atom stereocenters. The lowest BCUT2D eigenvalue weighted by atomic mass is 9.83. The van der Waals surface area contributed by atoms with Crippen molar-refractivity contribution >= 4 is 5.69 Å². The first-order chi connectivity index (χ1) is 9.67. The highest BCUT2D eigenvalue weighted by molar-refractivity contribution is 5.54. The monoisotopic (exact) mass is 275 g/mol. The van der Waals surface area contributed by atoms with Crippen molar-refractivity contribution in [3.63, 3.8) is 0 Å². The predicted molar refractivity (Wildman–Crippen MR) is 86.1 cm³/mol. The molecule has 1 aliphatic carbocycles. The third-order valence-corrected chi connectivity index (χ3v) is 5.00. The SMILES string of the molecule is CCC1CCC(N(C)c2ccccc2[C@@H](O)CC)CC1. The zero-order valence-corrected chi connectivity index (χ0v) is 13.2. The summed E-state index contributed by atoms with van der Waals surface area (Å²) in [5.74, 6) is 0.927. The molecule has 0 amide bonds. The molecule has 112 valence electrons. The molecule has 0 bridgehead atoms. The third kappa shape index (κ3) is 3.35. The van der Waals surface area contributed by atoms with Crippen LogP contribution in [0.2, 0.25) is 0 Å². The van der Waals surface area contributed by atoms with E-state index in [4.69, 9.17) is 0 Å². The minimum absolute atomic E-state index is 0.347. The fourth-order valence-electron chi connectivity index (χ4n) is 3.45. The minimum atomic E-state index is -0.347. The first kappa shape index (κ1) is 15.4. The van der Waals surface area contributed by atoms with E-state index in [1.54, 1.807) is 0 Å². The summed E-state index contributed by atoms with van der Waals surface area (Å²) in [5, 5.41) is 10.2. The average Bonchev–Trinajstić information content (AvgIpc) is 2.53. The number of aliphatic hydroxyl groups excluding tert-OH is 1. The molecule has 1 aromatic carbocycles. The fourth-order valence-corrected chi connectivity index (χ4v) is 3.45. The molecule has 1 N–H and O–H groups in total. The average molecular weight is 275 g/mol. The van der Waals surface area contributed by atoms with Gasteiger partial charge in [0.15, 0.2) is 0 Å². The lowest BCUT2D eigenvalue weighted by Gasteiger charge is -2.37. The first-order valence-corrected chi connectivity index (χ1v) is 8.17. The summed E-state index contributed by atoms with van der Waals surface area (Å²) < 4.78 is 0. The number of hydrogen-bond donors (Lipinski definition) is 1. The van der Waals surface area contributed by atoms with Gasteiger partial charge in [-0.25, -0.2) is 0 Å². The van der Waals surface area contributed by atoms with Gasteiger partial charge < -0.3 is 10.0 Å². The van der Waals surface area contributed by atoms with Crippen LogP contribution in [0.5, 0.6) is 0 Å². The summed E-state index contributed by atoms with van der Waals surface area (Å²) in [5.41, 5.74) is 2.29. The van der Waals surface area contributed by atoms with Crippen molar-refractivity contribution < 1.29 is 5.11 Å². The molecule has 1 aliphatic rings. The van der Waals surface area contributed by atoms with Crippen LogP contribution in [0.25, 0.3) is 0 Å². The Labute approximate surface area is 123 Å². The van der Waals surface area contributed by atoms with E-state index >= 15 is 0 Å². The summed E-state index contributed by atoms with van der Waals surface area (Å²) in [6.07, 6.45) is 7.01. The smallest absolute Gasteiger partial charge is 0.0807 e. The highest BCUT2D eigenvalue weighted by atomic mass is 16.3. The van der Waals surface area contributed by atoms with Gasteiger partial charge in [0, 0.05) is 24.3 Å². The molecule has 20 heavy (non-hydrogen) atoms. The number of nitrogens with zero attached hydrogens (tertiary/aromatic N) is 1. The predicted octanol–water partition coefficient (Wildman–Crippen LogP) is 4.54. The van der Waals surface area contributed by atoms with Crippen LogP contribution in [0.4, 0.5) is 5.69 Å². The molecule has 2 heteroatoms. The molecular weight excluding hydrogens is 246 g/mol. The lowest BCUT2D eigenvalue weighted by Crippen LogP contribution is -2.35. The molecule has 1 fully saturated rings. The first-order valence-electron chi connectivity index (χ1n) is 8.17. The quantitative estimate of drug-likeness (QED) is 0.853. The highest BCUT2D eigenvalue weighted by Crippen LogP contribution is 2.34. The minimum Gasteiger partial charge on any atom is -0.388 e. The van der Waals surface area contributed by atoms with Crippen LogP contribution >= 0.6 is 0 Å². The van der Waals surface area contributed by atoms with Crippen molar-refractivity contribution in [1.82, 2.24) is 0 Å². The second-order valence-electron chi connectivity index (χ2n) is 6.18. The molecular formula is C18H29NO. The zero-order valence-electron chi connectivity index (χ0n) is 13.2. The Morgan fingerprint density at radius 2 is 1.80 bits per heavy atom. The molecule has 1 saturated carbocycles. The Hall–Kier alpha value is -1.02. The van der Waals surface area contributed by atoms with Crippen molar-refractivity contribution in [2.24, 2.45) is 5.92 Å². The summed E-state index contributed by atoms with van der Waals surface area (Å²) in [7, 11) is 2.19. The van der Waals surface area contributed by atoms with E-state index in [0.717, 1.165) is 17.9 Å². The lowest BCUT2D eigenvalue weighted by molar-refractivity contribution is 0.174. The Morgan fingerprint density at radius 3 is 2.40 bits per heavy atom. The molecule has 1 aromatic rings. The summed E-state index contributed by atoms with van der Waals surface area (Å²) in [6.45, 7) is 4.34. The van der Waals surface area contributed by atoms with Gasteiger partial charge in [-0.1, -0.05) is 38.5 Å². The van der Waals surface area contributed by atoms with E-state index in [2.05, 4.69) is 37.1 Å². The van der Waals surface area contributed by atoms with Gasteiger partial charge in [-0.2, -0.15) is 0 Å². The van der Waals surface area contributed by atoms with E-state index in [1.165, 1.54) is 37.8 Å². The topological polar surface area (TPSA) is 23.5 Å². The molecule has 2 nitrogen and oxygen atoms in total. The second kappa shape index (κ2) is 7.12. The van der Waals surface area contributed by atoms with E-state index in [9.17, 15) is 5.11 Å². The van der Waals surface area contributed by atoms with Crippen LogP contribution < -0.4 is 4.90 Å². The van der Waals surface area contributed by atoms with E-state index in [1.807, 2.05) is 13.0 Å². The highest BCUT2D eigenvalue weighted by Gasteiger charge is 2.25. The Balaban J connectivity index is 2.11. The maximum Gasteiger partial charge on any atom is 0.0807 e. The van der Waals surface area contributed by atoms with Crippen LogP contribution in [-0.2, 0) is 0 Å². The molecule has 1 atom stereocenters. The Morgan fingerprint density at radius 1 is 1.15 bits per heavy atom. The number of benzene rings is 1. The van der Waals surface area contributed by atoms with Gasteiger partial charge in [0.1, 0.15) is 0 Å². The van der Waals surface area contributed by atoms with Crippen LogP contribution in [0.15, 0.2) is 24.3 Å². The molecule has 0 aliphatic heterocycles. The van der Waals surface area contributed by atoms with Crippen molar-refractivity contribution in [1.29, 1.82) is 0 Å². The molecule has 0 heterocycles. The van der Waals surface area contributed by atoms with E-state index in [-0.39, 0.29) is 6.10 Å². The number of rotatable bonds is 5. The van der Waals surface area contributed by atoms with Crippen LogP contribution in [0.3, 0.4) is 0 Å². The Bertz CT molecular complexity index is 410. The normalized spacial score (nSPS) is 24.4. The number of anilines is 1. The fraction of sp³-hybridized carbons (Fsp3) is 0.667. The van der Waals surface area contributed by atoms with Crippen LogP contribution in [0.1, 0.15) is 64.0 Å². The van der Waals surface area contributed by atoms with Crippen molar-refractivity contribution in [3.8, 4) is 0 Å². The number of aliphatic hydroxyl groups is 1. The maximum atomic E-state index is 10.2. The standard InChI is InChI=1S/C18H29NO/c1-4-14-10-12-15(13-11-14)19(3)17-9-7-6-8-16(17)18(20)5-2/h6-9,14-15,18,20H,4-5,10-13H2,1-3H3/t14?,15?,18-/m0/s1. The maximum absolute atomic E-state index is 10.2. The van der Waals surface area contributed by atoms with Crippen molar-refractivity contribution in [2.75, 3.05) is 11.9 Å². The molecule has 0 saturated heterocycles.